The van der Waals surface area contributed by atoms with Crippen molar-refractivity contribution < 1.29 is 24.2 Å². The van der Waals surface area contributed by atoms with Crippen LogP contribution in [-0.2, 0) is 19.1 Å². The average molecular weight is 497 g/mol. The molecular formula is C24H40N4O5S. The summed E-state index contributed by atoms with van der Waals surface area (Å²) in [4.78, 5) is 44.6. The van der Waals surface area contributed by atoms with Crippen molar-refractivity contribution >= 4 is 29.5 Å². The molecule has 7 atom stereocenters. The van der Waals surface area contributed by atoms with Gasteiger partial charge in [0.25, 0.3) is 0 Å². The molecule has 4 heterocycles. The predicted molar refractivity (Wildman–Crippen MR) is 130 cm³/mol. The van der Waals surface area contributed by atoms with Crippen LogP contribution >= 0.6 is 11.8 Å². The Bertz CT molecular complexity index is 791. The van der Waals surface area contributed by atoms with E-state index in [1.807, 2.05) is 0 Å². The van der Waals surface area contributed by atoms with Gasteiger partial charge >= 0.3 is 0 Å². The number of aliphatic hydroxyl groups excluding tert-OH is 1. The Kier molecular flexibility index (Phi) is 7.81. The summed E-state index contributed by atoms with van der Waals surface area (Å²) in [5, 5.41) is 16.2. The molecule has 0 saturated carbocycles. The fraction of sp³-hybridized carbons (Fsp3) is 0.875. The highest BCUT2D eigenvalue weighted by Gasteiger charge is 2.76. The minimum atomic E-state index is -0.690. The fourth-order valence-corrected chi connectivity index (χ4v) is 9.11. The first-order valence-corrected chi connectivity index (χ1v) is 13.5. The van der Waals surface area contributed by atoms with Crippen LogP contribution in [0.2, 0.25) is 0 Å². The van der Waals surface area contributed by atoms with Crippen molar-refractivity contribution in [2.75, 3.05) is 53.0 Å². The van der Waals surface area contributed by atoms with E-state index in [9.17, 15) is 19.5 Å². The van der Waals surface area contributed by atoms with Crippen molar-refractivity contribution in [3.05, 3.63) is 0 Å². The molecule has 0 aliphatic carbocycles. The van der Waals surface area contributed by atoms with Crippen LogP contribution in [0.5, 0.6) is 0 Å². The second-order valence-electron chi connectivity index (χ2n) is 10.6. The largest absolute Gasteiger partial charge is 0.394 e. The Morgan fingerprint density at radius 1 is 1.26 bits per heavy atom. The second-order valence-corrected chi connectivity index (χ2v) is 12.2. The molecule has 3 amide bonds. The third kappa shape index (κ3) is 4.24. The van der Waals surface area contributed by atoms with E-state index in [4.69, 9.17) is 4.74 Å². The summed E-state index contributed by atoms with van der Waals surface area (Å²) in [6.07, 6.45) is 1.42. The van der Waals surface area contributed by atoms with Gasteiger partial charge in [-0.2, -0.15) is 0 Å². The van der Waals surface area contributed by atoms with Crippen molar-refractivity contribution in [1.82, 2.24) is 20.4 Å². The van der Waals surface area contributed by atoms with Gasteiger partial charge in [-0.1, -0.05) is 20.8 Å². The summed E-state index contributed by atoms with van der Waals surface area (Å²) < 4.78 is 4.76. The lowest BCUT2D eigenvalue weighted by atomic mass is 9.66. The molecule has 0 aromatic rings. The molecule has 9 nitrogen and oxygen atoms in total. The van der Waals surface area contributed by atoms with Gasteiger partial charge in [-0.15, -0.1) is 11.8 Å². The average Bonchev–Trinajstić information content (AvgIpc) is 3.41. The first-order valence-electron chi connectivity index (χ1n) is 12.7. The van der Waals surface area contributed by atoms with E-state index in [1.165, 1.54) is 0 Å². The number of nitrogens with zero attached hydrogens (tertiary/aromatic N) is 2. The van der Waals surface area contributed by atoms with Gasteiger partial charge in [0, 0.05) is 38.5 Å². The van der Waals surface area contributed by atoms with E-state index < -0.39 is 28.7 Å². The van der Waals surface area contributed by atoms with Gasteiger partial charge in [0.15, 0.2) is 0 Å². The molecule has 4 aliphatic heterocycles. The van der Waals surface area contributed by atoms with Crippen LogP contribution in [0.25, 0.3) is 0 Å². The number of carbonyl (C=O) groups is 3. The third-order valence-corrected chi connectivity index (χ3v) is 10.2. The lowest BCUT2D eigenvalue weighted by molar-refractivity contribution is -0.143. The molecule has 1 spiro atoms. The van der Waals surface area contributed by atoms with Crippen LogP contribution in [0.1, 0.15) is 33.6 Å². The number of rotatable bonds is 9. The van der Waals surface area contributed by atoms with Crippen molar-refractivity contribution in [2.45, 2.75) is 55.7 Å². The summed E-state index contributed by atoms with van der Waals surface area (Å²) in [5.41, 5.74) is 0. The summed E-state index contributed by atoms with van der Waals surface area (Å²) in [5.74, 6) is -1.04. The van der Waals surface area contributed by atoms with Crippen LogP contribution in [0.4, 0.5) is 0 Å². The van der Waals surface area contributed by atoms with Gasteiger partial charge in [0.1, 0.15) is 6.04 Å². The summed E-state index contributed by atoms with van der Waals surface area (Å²) in [6.45, 7) is 10.3. The number of likely N-dealkylation sites (tertiary alicyclic amines) is 1. The van der Waals surface area contributed by atoms with Gasteiger partial charge in [0.05, 0.1) is 42.4 Å². The quantitative estimate of drug-likeness (QED) is 0.410. The van der Waals surface area contributed by atoms with Crippen LogP contribution in [0.15, 0.2) is 0 Å². The highest BCUT2D eigenvalue weighted by molar-refractivity contribution is 8.02. The first kappa shape index (κ1) is 25.7. The zero-order chi connectivity index (χ0) is 24.6. The van der Waals surface area contributed by atoms with Crippen molar-refractivity contribution in [3.8, 4) is 0 Å². The highest BCUT2D eigenvalue weighted by atomic mass is 32.2. The summed E-state index contributed by atoms with van der Waals surface area (Å²) in [6, 6.07) is -1.13. The lowest BCUT2D eigenvalue weighted by Gasteiger charge is -2.40. The Balaban J connectivity index is 1.63. The molecule has 4 saturated heterocycles. The molecule has 2 bridgehead atoms. The molecule has 0 aromatic heterocycles. The molecule has 34 heavy (non-hydrogen) atoms. The zero-order valence-electron chi connectivity index (χ0n) is 20.8. The number of amides is 3. The Hall–Kier alpha value is -1.36. The maximum Gasteiger partial charge on any atom is 0.244 e. The van der Waals surface area contributed by atoms with Crippen LogP contribution in [-0.4, -0.2) is 108 Å². The SMILES string of the molecule is CNC(=O)[C@@H]1[C@H]2C(=O)N([C@@H](CO)CC(C)C)C(C(=O)NCCN3CCOCC3)C23S[C@@H]1CC3C. The van der Waals surface area contributed by atoms with Gasteiger partial charge in [-0.05, 0) is 24.7 Å². The van der Waals surface area contributed by atoms with E-state index >= 15 is 0 Å². The monoisotopic (exact) mass is 496 g/mol. The Morgan fingerprint density at radius 3 is 2.59 bits per heavy atom. The van der Waals surface area contributed by atoms with E-state index in [0.717, 1.165) is 26.1 Å². The number of aliphatic hydroxyl groups is 1. The summed E-state index contributed by atoms with van der Waals surface area (Å²) in [7, 11) is 1.61. The Morgan fingerprint density at radius 2 is 1.97 bits per heavy atom. The molecule has 3 unspecified atom stereocenters. The standard InChI is InChI=1S/C24H40N4O5S/c1-14(2)11-16(13-29)28-20(22(31)26-5-6-27-7-9-33-10-8-27)24-15(3)12-17(34-24)18(21(30)25-4)19(24)23(28)32/h14-20,29H,5-13H2,1-4H3,(H,25,30)(H,26,31)/t15?,16-,17-,18+,19+,20?,24?/m1/s1. The van der Waals surface area contributed by atoms with Crippen LogP contribution in [0, 0.1) is 23.7 Å². The number of carbonyl (C=O) groups excluding carboxylic acids is 3. The zero-order valence-corrected chi connectivity index (χ0v) is 21.6. The minimum Gasteiger partial charge on any atom is -0.394 e. The number of hydrogen-bond acceptors (Lipinski definition) is 7. The molecule has 192 valence electrons. The Labute approximate surface area is 206 Å². The maximum atomic E-state index is 14.0. The summed E-state index contributed by atoms with van der Waals surface area (Å²) >= 11 is 1.67. The molecule has 4 fully saturated rings. The number of morpholine rings is 1. The fourth-order valence-electron chi connectivity index (χ4n) is 6.70. The second kappa shape index (κ2) is 10.3. The molecular weight excluding hydrogens is 456 g/mol. The van der Waals surface area contributed by atoms with Crippen LogP contribution in [0.3, 0.4) is 0 Å². The van der Waals surface area contributed by atoms with E-state index in [0.29, 0.717) is 26.2 Å². The van der Waals surface area contributed by atoms with Gasteiger partial charge in [-0.25, -0.2) is 0 Å². The first-order chi connectivity index (χ1) is 16.3. The molecule has 4 rings (SSSR count). The molecule has 10 heteroatoms. The number of ether oxygens (including phenoxy) is 1. The highest BCUT2D eigenvalue weighted by Crippen LogP contribution is 2.68. The van der Waals surface area contributed by atoms with Crippen molar-refractivity contribution in [2.24, 2.45) is 23.7 Å². The number of hydrogen-bond donors (Lipinski definition) is 3. The van der Waals surface area contributed by atoms with Crippen LogP contribution < -0.4 is 10.6 Å². The van der Waals surface area contributed by atoms with Crippen molar-refractivity contribution in [3.63, 3.8) is 0 Å². The topological polar surface area (TPSA) is 111 Å². The predicted octanol–water partition coefficient (Wildman–Crippen LogP) is -0.0750. The van der Waals surface area contributed by atoms with E-state index in [2.05, 4.69) is 36.3 Å². The molecule has 0 radical (unpaired) electrons. The lowest BCUT2D eigenvalue weighted by Crippen LogP contribution is -2.59. The smallest absolute Gasteiger partial charge is 0.244 e. The van der Waals surface area contributed by atoms with E-state index in [-0.39, 0.29) is 41.4 Å². The maximum absolute atomic E-state index is 14.0. The normalized spacial score (nSPS) is 36.1. The number of thioether (sulfide) groups is 1. The van der Waals surface area contributed by atoms with Gasteiger partial charge in [-0.3, -0.25) is 19.3 Å². The van der Waals surface area contributed by atoms with Gasteiger partial charge < -0.3 is 25.4 Å². The molecule has 3 N–H and O–H groups in total. The molecule has 0 aromatic carbocycles. The van der Waals surface area contributed by atoms with Gasteiger partial charge in [0.2, 0.25) is 17.7 Å². The molecule has 4 aliphatic rings. The third-order valence-electron chi connectivity index (χ3n) is 8.16. The van der Waals surface area contributed by atoms with E-state index in [1.54, 1.807) is 23.7 Å². The van der Waals surface area contributed by atoms with Crippen molar-refractivity contribution in [1.29, 1.82) is 0 Å². The minimum absolute atomic E-state index is 0.0346. The number of nitrogens with one attached hydrogen (secondary N) is 2. The number of fused-ring (bicyclic) bond motifs is 1.